The number of quaternary nitrogens is 1. The van der Waals surface area contributed by atoms with Gasteiger partial charge >= 0.3 is 17.9 Å². The molecule has 0 bridgehead atoms. The van der Waals surface area contributed by atoms with Gasteiger partial charge in [-0.05, 0) is 64.2 Å². The zero-order chi connectivity index (χ0) is 39.3. The molecule has 1 N–H and O–H groups in total. The van der Waals surface area contributed by atoms with Crippen molar-refractivity contribution in [2.75, 3.05) is 47.5 Å². The van der Waals surface area contributed by atoms with Crippen molar-refractivity contribution >= 4 is 17.9 Å². The third-order valence-corrected chi connectivity index (χ3v) is 8.87. The lowest BCUT2D eigenvalue weighted by Crippen LogP contribution is -2.40. The molecule has 0 radical (unpaired) electrons. The van der Waals surface area contributed by atoms with Crippen LogP contribution in [0.1, 0.15) is 168 Å². The predicted molar refractivity (Wildman–Crippen MR) is 217 cm³/mol. The summed E-state index contributed by atoms with van der Waals surface area (Å²) in [5, 5.41) is 9.61. The number of carboxylic acid groups (broad SMARTS) is 1. The molecule has 0 fully saturated rings. The Kier molecular flexibility index (Phi) is 34.8. The molecule has 0 heterocycles. The molecule has 0 aromatic carbocycles. The van der Waals surface area contributed by atoms with Gasteiger partial charge in [-0.2, -0.15) is 0 Å². The van der Waals surface area contributed by atoms with E-state index in [9.17, 15) is 19.5 Å². The minimum Gasteiger partial charge on any atom is -0.477 e. The summed E-state index contributed by atoms with van der Waals surface area (Å²) in [4.78, 5) is 37.0. The quantitative estimate of drug-likeness (QED) is 0.0218. The highest BCUT2D eigenvalue weighted by Gasteiger charge is 2.25. The van der Waals surface area contributed by atoms with Gasteiger partial charge in [0.2, 0.25) is 0 Å². The minimum atomic E-state index is -1.51. The second kappa shape index (κ2) is 36.5. The summed E-state index contributed by atoms with van der Waals surface area (Å²) in [6.07, 6.45) is 36.2. The largest absolute Gasteiger partial charge is 0.477 e. The topological polar surface area (TPSA) is 108 Å². The molecule has 53 heavy (non-hydrogen) atoms. The Balaban J connectivity index is 4.52. The molecule has 2 unspecified atom stereocenters. The average Bonchev–Trinajstić information content (AvgIpc) is 3.11. The Bertz CT molecular complexity index is 971. The van der Waals surface area contributed by atoms with Crippen LogP contribution >= 0.6 is 0 Å². The summed E-state index contributed by atoms with van der Waals surface area (Å²) in [7, 11) is 5.94. The van der Waals surface area contributed by atoms with E-state index in [2.05, 4.69) is 50.3 Å². The van der Waals surface area contributed by atoms with Crippen molar-refractivity contribution in [2.24, 2.45) is 0 Å². The number of ether oxygens (including phenoxy) is 4. The highest BCUT2D eigenvalue weighted by Crippen LogP contribution is 2.13. The second-order valence-electron chi connectivity index (χ2n) is 15.3. The number of allylic oxidation sites excluding steroid dienone is 6. The summed E-state index contributed by atoms with van der Waals surface area (Å²) in [5.41, 5.74) is 0. The molecule has 0 aromatic rings. The second-order valence-corrected chi connectivity index (χ2v) is 15.3. The van der Waals surface area contributed by atoms with Crippen molar-refractivity contribution in [3.8, 4) is 0 Å². The normalized spacial score (nSPS) is 13.3. The molecule has 0 aliphatic rings. The molecular formula is C44H80NO8+. The van der Waals surface area contributed by atoms with E-state index in [1.807, 2.05) is 21.1 Å². The van der Waals surface area contributed by atoms with E-state index < -0.39 is 24.3 Å². The first kappa shape index (κ1) is 50.5. The van der Waals surface area contributed by atoms with Crippen LogP contribution in [0.15, 0.2) is 36.5 Å². The molecule has 0 saturated carbocycles. The molecule has 0 aliphatic heterocycles. The number of likely N-dealkylation sites (N-methyl/N-ethyl adjacent to an activating group) is 1. The van der Waals surface area contributed by atoms with E-state index in [0.29, 0.717) is 17.4 Å². The highest BCUT2D eigenvalue weighted by atomic mass is 16.7. The van der Waals surface area contributed by atoms with Crippen LogP contribution in [0.5, 0.6) is 0 Å². The molecule has 2 atom stereocenters. The van der Waals surface area contributed by atoms with Gasteiger partial charge in [0.25, 0.3) is 6.29 Å². The lowest BCUT2D eigenvalue weighted by molar-refractivity contribution is -0.870. The smallest absolute Gasteiger partial charge is 0.361 e. The average molecular weight is 751 g/mol. The Labute approximate surface area is 324 Å². The maximum absolute atomic E-state index is 12.7. The van der Waals surface area contributed by atoms with Crippen molar-refractivity contribution in [2.45, 2.75) is 180 Å². The molecule has 0 amide bonds. The number of nitrogens with zero attached hydrogens (tertiary/aromatic N) is 1. The van der Waals surface area contributed by atoms with Gasteiger partial charge in [0.05, 0.1) is 34.4 Å². The Hall–Kier alpha value is -2.49. The highest BCUT2D eigenvalue weighted by molar-refractivity contribution is 5.71. The fourth-order valence-corrected chi connectivity index (χ4v) is 5.49. The van der Waals surface area contributed by atoms with Crippen LogP contribution in [0.2, 0.25) is 0 Å². The first-order valence-corrected chi connectivity index (χ1v) is 21.2. The SMILES string of the molecule is CCCC/C=C\C/C=C\CCCCCCCC(=O)OC(COC(=O)CCCCCCC/C=C\CCCCCCC)COC(OCC[N+](C)(C)C)C(=O)O. The van der Waals surface area contributed by atoms with Crippen molar-refractivity contribution in [1.29, 1.82) is 0 Å². The van der Waals surface area contributed by atoms with Crippen molar-refractivity contribution in [1.82, 2.24) is 0 Å². The molecule has 308 valence electrons. The van der Waals surface area contributed by atoms with Gasteiger partial charge in [0, 0.05) is 12.8 Å². The summed E-state index contributed by atoms with van der Waals surface area (Å²) < 4.78 is 22.7. The molecule has 0 saturated heterocycles. The number of unbranched alkanes of at least 4 members (excludes halogenated alkanes) is 17. The number of hydrogen-bond acceptors (Lipinski definition) is 7. The first-order chi connectivity index (χ1) is 25.6. The number of aliphatic carboxylic acids is 1. The van der Waals surface area contributed by atoms with E-state index >= 15 is 0 Å². The van der Waals surface area contributed by atoms with E-state index in [-0.39, 0.29) is 38.6 Å². The number of carbonyl (C=O) groups excluding carboxylic acids is 2. The van der Waals surface area contributed by atoms with E-state index in [4.69, 9.17) is 18.9 Å². The molecular weight excluding hydrogens is 670 g/mol. The number of carboxylic acids is 1. The summed E-state index contributed by atoms with van der Waals surface area (Å²) in [6, 6.07) is 0. The number of hydrogen-bond donors (Lipinski definition) is 1. The molecule has 9 heteroatoms. The molecule has 0 rings (SSSR count). The van der Waals surface area contributed by atoms with E-state index in [1.54, 1.807) is 0 Å². The third-order valence-electron chi connectivity index (χ3n) is 8.87. The van der Waals surface area contributed by atoms with Gasteiger partial charge in [0.15, 0.2) is 6.10 Å². The van der Waals surface area contributed by atoms with E-state index in [1.165, 1.54) is 51.4 Å². The lowest BCUT2D eigenvalue weighted by Gasteiger charge is -2.25. The minimum absolute atomic E-state index is 0.183. The van der Waals surface area contributed by atoms with Gasteiger partial charge < -0.3 is 28.5 Å². The number of rotatable bonds is 38. The lowest BCUT2D eigenvalue weighted by atomic mass is 10.1. The first-order valence-electron chi connectivity index (χ1n) is 21.2. The zero-order valence-corrected chi connectivity index (χ0v) is 34.7. The Morgan fingerprint density at radius 1 is 0.566 bits per heavy atom. The Morgan fingerprint density at radius 3 is 1.57 bits per heavy atom. The summed E-state index contributed by atoms with van der Waals surface area (Å²) in [6.45, 7) is 4.78. The van der Waals surface area contributed by atoms with Crippen LogP contribution in [-0.2, 0) is 33.3 Å². The predicted octanol–water partition coefficient (Wildman–Crippen LogP) is 10.7. The molecule has 0 aliphatic carbocycles. The number of esters is 2. The van der Waals surface area contributed by atoms with Crippen LogP contribution in [0, 0.1) is 0 Å². The van der Waals surface area contributed by atoms with Crippen LogP contribution in [0.3, 0.4) is 0 Å². The van der Waals surface area contributed by atoms with Gasteiger partial charge in [-0.15, -0.1) is 0 Å². The van der Waals surface area contributed by atoms with Gasteiger partial charge in [-0.1, -0.05) is 127 Å². The molecule has 0 aromatic heterocycles. The monoisotopic (exact) mass is 751 g/mol. The zero-order valence-electron chi connectivity index (χ0n) is 34.7. The summed E-state index contributed by atoms with van der Waals surface area (Å²) >= 11 is 0. The molecule has 9 nitrogen and oxygen atoms in total. The van der Waals surface area contributed by atoms with Crippen LogP contribution in [-0.4, -0.2) is 87.4 Å². The summed E-state index contributed by atoms with van der Waals surface area (Å²) in [5.74, 6) is -2.04. The third kappa shape index (κ3) is 37.6. The van der Waals surface area contributed by atoms with Crippen LogP contribution in [0.4, 0.5) is 0 Å². The standard InChI is InChI=1S/C44H79NO8/c1-6-8-10-12-14-16-18-20-22-24-26-28-30-32-34-41(46)51-38-40(39-52-44(43(48)49)50-37-36-45(3,4)5)53-42(47)35-33-31-29-27-25-23-21-19-17-15-13-11-9-7-2/h13,15,18-21,40,44H,6-12,14,16-17,22-39H2,1-5H3/p+1/b15-13-,20-18-,21-19-. The van der Waals surface area contributed by atoms with Crippen LogP contribution in [0.25, 0.3) is 0 Å². The van der Waals surface area contributed by atoms with Gasteiger partial charge in [0.1, 0.15) is 13.2 Å². The van der Waals surface area contributed by atoms with Gasteiger partial charge in [-0.25, -0.2) is 4.79 Å². The van der Waals surface area contributed by atoms with E-state index in [0.717, 1.165) is 83.5 Å². The fraction of sp³-hybridized carbons (Fsp3) is 0.795. The fourth-order valence-electron chi connectivity index (χ4n) is 5.49. The number of carbonyl (C=O) groups is 3. The maximum atomic E-state index is 12.7. The molecule has 0 spiro atoms. The van der Waals surface area contributed by atoms with Crippen LogP contribution < -0.4 is 0 Å². The van der Waals surface area contributed by atoms with Crippen molar-refractivity contribution in [3.05, 3.63) is 36.5 Å². The Morgan fingerprint density at radius 2 is 1.04 bits per heavy atom. The van der Waals surface area contributed by atoms with Crippen molar-refractivity contribution < 1.29 is 42.9 Å². The van der Waals surface area contributed by atoms with Gasteiger partial charge in [-0.3, -0.25) is 9.59 Å². The maximum Gasteiger partial charge on any atom is 0.361 e. The van der Waals surface area contributed by atoms with Crippen molar-refractivity contribution in [3.63, 3.8) is 0 Å².